The first-order valence-electron chi connectivity index (χ1n) is 9.69. The molecule has 0 aromatic heterocycles. The Bertz CT molecular complexity index is 574. The van der Waals surface area contributed by atoms with E-state index in [2.05, 4.69) is 12.1 Å². The molecule has 2 fully saturated rings. The first-order valence-corrected chi connectivity index (χ1v) is 9.69. The van der Waals surface area contributed by atoms with Gasteiger partial charge in [0.15, 0.2) is 0 Å². The summed E-state index contributed by atoms with van der Waals surface area (Å²) >= 11 is 0. The molecule has 0 radical (unpaired) electrons. The molecule has 2 aliphatic rings. The fourth-order valence-corrected chi connectivity index (χ4v) is 4.77. The zero-order valence-corrected chi connectivity index (χ0v) is 15.2. The van der Waals surface area contributed by atoms with Crippen LogP contribution in [0.25, 0.3) is 6.08 Å². The average Bonchev–Trinajstić information content (AvgIpc) is 2.67. The third-order valence-corrected chi connectivity index (χ3v) is 6.32. The number of ether oxygens (including phenoxy) is 1. The van der Waals surface area contributed by atoms with Crippen molar-refractivity contribution in [3.63, 3.8) is 0 Å². The van der Waals surface area contributed by atoms with E-state index < -0.39 is 5.97 Å². The van der Waals surface area contributed by atoms with Crippen molar-refractivity contribution in [2.24, 2.45) is 11.8 Å². The Balaban J connectivity index is 1.50. The number of carboxylic acid groups (broad SMARTS) is 1. The molecule has 0 aliphatic heterocycles. The maximum atomic E-state index is 10.6. The van der Waals surface area contributed by atoms with E-state index >= 15 is 0 Å². The number of rotatable bonds is 5. The van der Waals surface area contributed by atoms with E-state index in [1.807, 2.05) is 19.2 Å². The molecule has 0 atom stereocenters. The molecule has 1 N–H and O–H groups in total. The van der Waals surface area contributed by atoms with Gasteiger partial charge < -0.3 is 9.84 Å². The van der Waals surface area contributed by atoms with Gasteiger partial charge in [-0.05, 0) is 86.3 Å². The largest absolute Gasteiger partial charge is 0.478 e. The fourth-order valence-electron chi connectivity index (χ4n) is 4.77. The zero-order valence-electron chi connectivity index (χ0n) is 15.2. The Morgan fingerprint density at radius 2 is 1.52 bits per heavy atom. The molecule has 3 rings (SSSR count). The summed E-state index contributed by atoms with van der Waals surface area (Å²) in [5.74, 6) is 1.59. The van der Waals surface area contributed by atoms with Gasteiger partial charge in [0, 0.05) is 13.2 Å². The van der Waals surface area contributed by atoms with Crippen LogP contribution in [0.3, 0.4) is 0 Å². The van der Waals surface area contributed by atoms with Crippen molar-refractivity contribution in [3.05, 3.63) is 41.5 Å². The van der Waals surface area contributed by atoms with Crippen molar-refractivity contribution in [3.8, 4) is 0 Å². The highest BCUT2D eigenvalue weighted by atomic mass is 16.5. The molecule has 0 heterocycles. The predicted octanol–water partition coefficient (Wildman–Crippen LogP) is 5.26. The highest BCUT2D eigenvalue weighted by molar-refractivity contribution is 5.85. The Morgan fingerprint density at radius 1 is 0.960 bits per heavy atom. The van der Waals surface area contributed by atoms with Crippen LogP contribution < -0.4 is 0 Å². The standard InChI is InChI=1S/C22H30O3/c1-25-21-13-11-20(12-14-21)19-9-7-18(8-10-19)17-5-2-16(3-6-17)4-15-22(23)24/h2-6,15,18-21H,7-14H2,1H3,(H,23,24). The molecule has 0 bridgehead atoms. The van der Waals surface area contributed by atoms with Crippen LogP contribution in [-0.4, -0.2) is 24.3 Å². The third kappa shape index (κ3) is 4.94. The zero-order chi connectivity index (χ0) is 17.6. The van der Waals surface area contributed by atoms with E-state index in [1.54, 1.807) is 6.08 Å². The molecule has 2 aliphatic carbocycles. The number of hydrogen-bond acceptors (Lipinski definition) is 2. The molecular weight excluding hydrogens is 312 g/mol. The molecule has 3 heteroatoms. The van der Waals surface area contributed by atoms with E-state index in [-0.39, 0.29) is 0 Å². The molecule has 0 saturated heterocycles. The fraction of sp³-hybridized carbons (Fsp3) is 0.591. The topological polar surface area (TPSA) is 46.5 Å². The lowest BCUT2D eigenvalue weighted by atomic mass is 9.69. The van der Waals surface area contributed by atoms with E-state index in [0.29, 0.717) is 12.0 Å². The Morgan fingerprint density at radius 3 is 2.04 bits per heavy atom. The van der Waals surface area contributed by atoms with Gasteiger partial charge in [-0.2, -0.15) is 0 Å². The summed E-state index contributed by atoms with van der Waals surface area (Å²) in [4.78, 5) is 10.6. The van der Waals surface area contributed by atoms with Crippen LogP contribution in [0.5, 0.6) is 0 Å². The Labute approximate surface area is 151 Å². The van der Waals surface area contributed by atoms with Gasteiger partial charge in [0.1, 0.15) is 0 Å². The molecule has 25 heavy (non-hydrogen) atoms. The van der Waals surface area contributed by atoms with Crippen LogP contribution in [-0.2, 0) is 9.53 Å². The van der Waals surface area contributed by atoms with Gasteiger partial charge >= 0.3 is 5.97 Å². The first kappa shape index (κ1) is 18.2. The minimum Gasteiger partial charge on any atom is -0.478 e. The number of methoxy groups -OCH3 is 1. The van der Waals surface area contributed by atoms with E-state index in [9.17, 15) is 4.79 Å². The monoisotopic (exact) mass is 342 g/mol. The second-order valence-corrected chi connectivity index (χ2v) is 7.72. The van der Waals surface area contributed by atoms with Crippen molar-refractivity contribution in [2.45, 2.75) is 63.4 Å². The Kier molecular flexibility index (Phi) is 6.30. The third-order valence-electron chi connectivity index (χ3n) is 6.32. The molecule has 3 nitrogen and oxygen atoms in total. The quantitative estimate of drug-likeness (QED) is 0.742. The first-order chi connectivity index (χ1) is 12.2. The summed E-state index contributed by atoms with van der Waals surface area (Å²) in [6.07, 6.45) is 13.8. The molecule has 1 aromatic carbocycles. The molecular formula is C22H30O3. The second kappa shape index (κ2) is 8.66. The van der Waals surface area contributed by atoms with Gasteiger partial charge in [0.2, 0.25) is 0 Å². The van der Waals surface area contributed by atoms with Crippen LogP contribution in [0.2, 0.25) is 0 Å². The lowest BCUT2D eigenvalue weighted by molar-refractivity contribution is -0.131. The number of aliphatic carboxylic acids is 1. The highest BCUT2D eigenvalue weighted by Crippen LogP contribution is 2.43. The Hall–Kier alpha value is -1.61. The smallest absolute Gasteiger partial charge is 0.328 e. The summed E-state index contributed by atoms with van der Waals surface area (Å²) in [7, 11) is 1.85. The average molecular weight is 342 g/mol. The number of carboxylic acids is 1. The summed E-state index contributed by atoms with van der Waals surface area (Å²) in [6, 6.07) is 8.42. The maximum absolute atomic E-state index is 10.6. The van der Waals surface area contributed by atoms with Gasteiger partial charge in [-0.25, -0.2) is 4.79 Å². The van der Waals surface area contributed by atoms with Gasteiger partial charge in [0.05, 0.1) is 6.10 Å². The summed E-state index contributed by atoms with van der Waals surface area (Å²) in [5.41, 5.74) is 2.36. The normalized spacial score (nSPS) is 30.4. The molecule has 2 saturated carbocycles. The molecule has 0 unspecified atom stereocenters. The lowest BCUT2D eigenvalue weighted by Gasteiger charge is -2.37. The molecule has 0 spiro atoms. The SMILES string of the molecule is COC1CCC(C2CCC(c3ccc(C=CC(=O)O)cc3)CC2)CC1. The van der Waals surface area contributed by atoms with Gasteiger partial charge in [-0.3, -0.25) is 0 Å². The van der Waals surface area contributed by atoms with Gasteiger partial charge in [-0.1, -0.05) is 24.3 Å². The van der Waals surface area contributed by atoms with Crippen LogP contribution in [0.4, 0.5) is 0 Å². The van der Waals surface area contributed by atoms with Crippen molar-refractivity contribution in [1.82, 2.24) is 0 Å². The van der Waals surface area contributed by atoms with E-state index in [1.165, 1.54) is 63.0 Å². The predicted molar refractivity (Wildman–Crippen MR) is 101 cm³/mol. The van der Waals surface area contributed by atoms with E-state index in [0.717, 1.165) is 17.4 Å². The second-order valence-electron chi connectivity index (χ2n) is 7.72. The lowest BCUT2D eigenvalue weighted by Crippen LogP contribution is -2.27. The molecule has 1 aromatic rings. The summed E-state index contributed by atoms with van der Waals surface area (Å²) in [6.45, 7) is 0. The number of hydrogen-bond donors (Lipinski definition) is 1. The minimum atomic E-state index is -0.901. The van der Waals surface area contributed by atoms with Gasteiger partial charge in [-0.15, -0.1) is 0 Å². The highest BCUT2D eigenvalue weighted by Gasteiger charge is 2.31. The molecule has 0 amide bonds. The van der Waals surface area contributed by atoms with Crippen LogP contribution >= 0.6 is 0 Å². The molecule has 136 valence electrons. The van der Waals surface area contributed by atoms with Crippen molar-refractivity contribution in [1.29, 1.82) is 0 Å². The summed E-state index contributed by atoms with van der Waals surface area (Å²) in [5, 5.41) is 8.70. The number of benzene rings is 1. The van der Waals surface area contributed by atoms with Crippen molar-refractivity contribution < 1.29 is 14.6 Å². The maximum Gasteiger partial charge on any atom is 0.328 e. The minimum absolute atomic E-state index is 0.501. The van der Waals surface area contributed by atoms with Crippen LogP contribution in [0, 0.1) is 11.8 Å². The summed E-state index contributed by atoms with van der Waals surface area (Å²) < 4.78 is 5.50. The van der Waals surface area contributed by atoms with Crippen molar-refractivity contribution >= 4 is 12.0 Å². The number of carbonyl (C=O) groups is 1. The van der Waals surface area contributed by atoms with Crippen LogP contribution in [0.1, 0.15) is 68.4 Å². The van der Waals surface area contributed by atoms with E-state index in [4.69, 9.17) is 9.84 Å². The van der Waals surface area contributed by atoms with Gasteiger partial charge in [0.25, 0.3) is 0 Å². The van der Waals surface area contributed by atoms with Crippen molar-refractivity contribution in [2.75, 3.05) is 7.11 Å². The van der Waals surface area contributed by atoms with Crippen LogP contribution in [0.15, 0.2) is 30.3 Å².